The Kier molecular flexibility index (Phi) is 4.27. The van der Waals surface area contributed by atoms with Gasteiger partial charge in [0.15, 0.2) is 12.1 Å². The molecule has 3 aliphatic rings. The number of amides is 2. The maximum Gasteiger partial charge on any atom is 0.276 e. The van der Waals surface area contributed by atoms with Gasteiger partial charge < -0.3 is 19.0 Å². The molecule has 3 aliphatic heterocycles. The van der Waals surface area contributed by atoms with E-state index in [1.54, 1.807) is 11.8 Å². The third-order valence-corrected chi connectivity index (χ3v) is 5.99. The van der Waals surface area contributed by atoms with Crippen LogP contribution in [0, 0.1) is 12.3 Å². The summed E-state index contributed by atoms with van der Waals surface area (Å²) in [5, 5.41) is 0. The summed E-state index contributed by atoms with van der Waals surface area (Å²) in [6.45, 7) is 5.15. The zero-order valence-electron chi connectivity index (χ0n) is 14.7. The van der Waals surface area contributed by atoms with Gasteiger partial charge in [0.1, 0.15) is 5.76 Å². The van der Waals surface area contributed by atoms with Gasteiger partial charge in [0, 0.05) is 38.9 Å². The second kappa shape index (κ2) is 6.44. The first-order valence-electron chi connectivity index (χ1n) is 9.19. The summed E-state index contributed by atoms with van der Waals surface area (Å²) < 4.78 is 10.6. The van der Waals surface area contributed by atoms with Gasteiger partial charge in [-0.1, -0.05) is 0 Å². The predicted octanol–water partition coefficient (Wildman–Crippen LogP) is 1.62. The predicted molar refractivity (Wildman–Crippen MR) is 89.0 cm³/mol. The quantitative estimate of drug-likeness (QED) is 0.812. The molecule has 0 N–H and O–H groups in total. The van der Waals surface area contributed by atoms with E-state index in [2.05, 4.69) is 9.88 Å². The van der Waals surface area contributed by atoms with E-state index in [0.717, 1.165) is 51.9 Å². The van der Waals surface area contributed by atoms with Crippen LogP contribution in [0.25, 0.3) is 0 Å². The molecule has 1 unspecified atom stereocenters. The molecule has 1 aromatic rings. The van der Waals surface area contributed by atoms with Gasteiger partial charge in [-0.3, -0.25) is 9.59 Å². The van der Waals surface area contributed by atoms with Crippen molar-refractivity contribution in [3.05, 3.63) is 17.8 Å². The molecule has 7 heteroatoms. The smallest absolute Gasteiger partial charge is 0.276 e. The summed E-state index contributed by atoms with van der Waals surface area (Å²) in [5.41, 5.74) is -0.0503. The Balaban J connectivity index is 1.49. The van der Waals surface area contributed by atoms with E-state index < -0.39 is 5.41 Å². The summed E-state index contributed by atoms with van der Waals surface area (Å²) in [7, 11) is 0. The van der Waals surface area contributed by atoms with Gasteiger partial charge in [0.25, 0.3) is 5.91 Å². The Hall–Kier alpha value is -1.89. The molecule has 7 nitrogen and oxygen atoms in total. The van der Waals surface area contributed by atoms with Gasteiger partial charge in [-0.25, -0.2) is 4.98 Å². The summed E-state index contributed by atoms with van der Waals surface area (Å²) in [4.78, 5) is 33.9. The van der Waals surface area contributed by atoms with Gasteiger partial charge in [0.2, 0.25) is 5.91 Å². The molecule has 3 fully saturated rings. The zero-order chi connectivity index (χ0) is 17.4. The van der Waals surface area contributed by atoms with E-state index in [9.17, 15) is 9.59 Å². The fourth-order valence-electron chi connectivity index (χ4n) is 4.53. The molecule has 1 atom stereocenters. The monoisotopic (exact) mass is 347 g/mol. The number of likely N-dealkylation sites (tertiary alicyclic amines) is 2. The van der Waals surface area contributed by atoms with E-state index in [-0.39, 0.29) is 11.8 Å². The van der Waals surface area contributed by atoms with Crippen molar-refractivity contribution in [1.29, 1.82) is 0 Å². The molecule has 3 saturated heterocycles. The number of oxazole rings is 1. The van der Waals surface area contributed by atoms with Crippen molar-refractivity contribution in [2.75, 3.05) is 32.8 Å². The molecule has 0 bridgehead atoms. The van der Waals surface area contributed by atoms with Crippen LogP contribution in [0.3, 0.4) is 0 Å². The Labute approximate surface area is 147 Å². The number of rotatable bonds is 2. The summed E-state index contributed by atoms with van der Waals surface area (Å²) in [6.07, 6.45) is 5.76. The second-order valence-electron chi connectivity index (χ2n) is 7.46. The van der Waals surface area contributed by atoms with Gasteiger partial charge in [-0.05, 0) is 39.0 Å². The molecule has 4 heterocycles. The number of hydrogen-bond donors (Lipinski definition) is 0. The van der Waals surface area contributed by atoms with Gasteiger partial charge >= 0.3 is 0 Å². The number of carbonyl (C=O) groups is 2. The van der Waals surface area contributed by atoms with Crippen LogP contribution in [0.5, 0.6) is 0 Å². The molecule has 0 saturated carbocycles. The standard InChI is InChI=1S/C18H25N3O4/c1-13-15(19-12-25-13)16(22)20-8-6-18(11-20)5-2-7-21(17(18)23)14-3-9-24-10-4-14/h12,14H,2-11H2,1H3. The summed E-state index contributed by atoms with van der Waals surface area (Å²) in [6, 6.07) is 0.293. The van der Waals surface area contributed by atoms with Crippen molar-refractivity contribution in [2.24, 2.45) is 5.41 Å². The number of hydrogen-bond acceptors (Lipinski definition) is 5. The summed E-state index contributed by atoms with van der Waals surface area (Å²) >= 11 is 0. The number of ether oxygens (including phenoxy) is 1. The van der Waals surface area contributed by atoms with E-state index in [0.29, 0.717) is 30.6 Å². The minimum atomic E-state index is -0.413. The van der Waals surface area contributed by atoms with E-state index in [1.165, 1.54) is 6.39 Å². The average molecular weight is 347 g/mol. The average Bonchev–Trinajstić information content (AvgIpc) is 3.25. The summed E-state index contributed by atoms with van der Waals surface area (Å²) in [5.74, 6) is 0.640. The molecule has 136 valence electrons. The van der Waals surface area contributed by atoms with Crippen molar-refractivity contribution in [2.45, 2.75) is 45.1 Å². The van der Waals surface area contributed by atoms with Crippen molar-refractivity contribution in [3.63, 3.8) is 0 Å². The molecule has 4 rings (SSSR count). The first-order chi connectivity index (χ1) is 12.1. The Morgan fingerprint density at radius 2 is 2.08 bits per heavy atom. The number of piperidine rings is 1. The van der Waals surface area contributed by atoms with E-state index in [4.69, 9.17) is 9.15 Å². The molecule has 2 amide bonds. The maximum absolute atomic E-state index is 13.3. The number of carbonyl (C=O) groups excluding carboxylic acids is 2. The van der Waals surface area contributed by atoms with Crippen molar-refractivity contribution >= 4 is 11.8 Å². The third kappa shape index (κ3) is 2.84. The van der Waals surface area contributed by atoms with Crippen LogP contribution < -0.4 is 0 Å². The highest BCUT2D eigenvalue weighted by Gasteiger charge is 2.50. The number of aromatic nitrogens is 1. The Morgan fingerprint density at radius 3 is 2.80 bits per heavy atom. The molecule has 25 heavy (non-hydrogen) atoms. The largest absolute Gasteiger partial charge is 0.448 e. The minimum absolute atomic E-state index is 0.126. The van der Waals surface area contributed by atoms with Crippen LogP contribution in [-0.2, 0) is 9.53 Å². The van der Waals surface area contributed by atoms with Gasteiger partial charge in [-0.15, -0.1) is 0 Å². The third-order valence-electron chi connectivity index (χ3n) is 5.99. The number of nitrogens with zero attached hydrogens (tertiary/aromatic N) is 3. The van der Waals surface area contributed by atoms with Crippen LogP contribution in [0.15, 0.2) is 10.8 Å². The van der Waals surface area contributed by atoms with Crippen LogP contribution >= 0.6 is 0 Å². The fraction of sp³-hybridized carbons (Fsp3) is 0.722. The molecule has 0 aromatic carbocycles. The highest BCUT2D eigenvalue weighted by Crippen LogP contribution is 2.41. The normalized spacial score (nSPS) is 28.1. The van der Waals surface area contributed by atoms with Crippen LogP contribution in [0.1, 0.15) is 48.4 Å². The molecule has 1 aromatic heterocycles. The Morgan fingerprint density at radius 1 is 1.28 bits per heavy atom. The van der Waals surface area contributed by atoms with E-state index in [1.807, 2.05) is 0 Å². The van der Waals surface area contributed by atoms with Crippen LogP contribution in [0.2, 0.25) is 0 Å². The van der Waals surface area contributed by atoms with Crippen molar-refractivity contribution in [1.82, 2.24) is 14.8 Å². The zero-order valence-corrected chi connectivity index (χ0v) is 14.7. The molecule has 0 aliphatic carbocycles. The van der Waals surface area contributed by atoms with Crippen molar-refractivity contribution < 1.29 is 18.7 Å². The molecule has 1 spiro atoms. The van der Waals surface area contributed by atoms with E-state index >= 15 is 0 Å². The first-order valence-corrected chi connectivity index (χ1v) is 9.19. The van der Waals surface area contributed by atoms with Gasteiger partial charge in [0.05, 0.1) is 5.41 Å². The maximum atomic E-state index is 13.3. The highest BCUT2D eigenvalue weighted by atomic mass is 16.5. The minimum Gasteiger partial charge on any atom is -0.448 e. The second-order valence-corrected chi connectivity index (χ2v) is 7.46. The van der Waals surface area contributed by atoms with Crippen molar-refractivity contribution in [3.8, 4) is 0 Å². The number of aryl methyl sites for hydroxylation is 1. The topological polar surface area (TPSA) is 75.9 Å². The highest BCUT2D eigenvalue weighted by molar-refractivity contribution is 5.94. The SMILES string of the molecule is Cc1ocnc1C(=O)N1CCC2(CCCN(C3CCOCC3)C2=O)C1. The molecular weight excluding hydrogens is 322 g/mol. The fourth-order valence-corrected chi connectivity index (χ4v) is 4.53. The lowest BCUT2D eigenvalue weighted by molar-refractivity contribution is -0.150. The van der Waals surface area contributed by atoms with Gasteiger partial charge in [-0.2, -0.15) is 0 Å². The molecular formula is C18H25N3O4. The Bertz CT molecular complexity index is 667. The van der Waals surface area contributed by atoms with Crippen LogP contribution in [0.4, 0.5) is 0 Å². The van der Waals surface area contributed by atoms with Crippen LogP contribution in [-0.4, -0.2) is 65.5 Å². The lowest BCUT2D eigenvalue weighted by Gasteiger charge is -2.44. The lowest BCUT2D eigenvalue weighted by atomic mass is 9.77. The molecule has 0 radical (unpaired) electrons. The first kappa shape index (κ1) is 16.6. The lowest BCUT2D eigenvalue weighted by Crippen LogP contribution is -2.55.